The minimum Gasteiger partial charge on any atom is -0.493 e. The maximum Gasteiger partial charge on any atom is 0.274 e. The predicted molar refractivity (Wildman–Crippen MR) is 189 cm³/mol. The molecule has 1 unspecified atom stereocenters. The Hall–Kier alpha value is -4.55. The summed E-state index contributed by atoms with van der Waals surface area (Å²) >= 11 is 0. The Balaban J connectivity index is 1.32. The molecule has 10 rings (SSSR count). The van der Waals surface area contributed by atoms with Crippen LogP contribution in [0.2, 0.25) is 0 Å². The molecule has 5 aromatic rings. The second kappa shape index (κ2) is 11.5. The molecular formula is C38H43FN8O3. The van der Waals surface area contributed by atoms with E-state index < -0.39 is 5.82 Å². The van der Waals surface area contributed by atoms with Gasteiger partial charge >= 0.3 is 0 Å². The Labute approximate surface area is 290 Å². The fourth-order valence-electron chi connectivity index (χ4n) is 8.93. The van der Waals surface area contributed by atoms with Crippen molar-refractivity contribution in [2.75, 3.05) is 34.3 Å². The first-order chi connectivity index (χ1) is 24.1. The fourth-order valence-corrected chi connectivity index (χ4v) is 8.93. The van der Waals surface area contributed by atoms with Crippen molar-refractivity contribution in [1.29, 1.82) is 0 Å². The van der Waals surface area contributed by atoms with Gasteiger partial charge in [-0.2, -0.15) is 5.10 Å². The Morgan fingerprint density at radius 2 is 1.98 bits per heavy atom. The molecule has 260 valence electrons. The predicted octanol–water partition coefficient (Wildman–Crippen LogP) is 5.20. The molecule has 0 spiro atoms. The number of nitrogens with zero attached hydrogens (tertiary/aromatic N) is 7. The Morgan fingerprint density at radius 3 is 2.70 bits per heavy atom. The molecule has 2 bridgehead atoms. The van der Waals surface area contributed by atoms with E-state index in [1.807, 2.05) is 37.5 Å². The van der Waals surface area contributed by atoms with E-state index in [2.05, 4.69) is 28.5 Å². The summed E-state index contributed by atoms with van der Waals surface area (Å²) in [5, 5.41) is 5.94. The third kappa shape index (κ3) is 4.53. The van der Waals surface area contributed by atoms with Gasteiger partial charge in [0.25, 0.3) is 5.91 Å². The van der Waals surface area contributed by atoms with Gasteiger partial charge in [0, 0.05) is 68.2 Å². The molecule has 4 aromatic heterocycles. The molecule has 6 atom stereocenters. The van der Waals surface area contributed by atoms with Gasteiger partial charge in [0.1, 0.15) is 23.1 Å². The van der Waals surface area contributed by atoms with Gasteiger partial charge in [-0.3, -0.25) is 19.4 Å². The normalized spacial score (nSPS) is 24.8. The van der Waals surface area contributed by atoms with Crippen LogP contribution in [0, 0.1) is 17.7 Å². The van der Waals surface area contributed by atoms with Crippen molar-refractivity contribution in [3.8, 4) is 34.1 Å². The summed E-state index contributed by atoms with van der Waals surface area (Å²) < 4.78 is 34.0. The zero-order chi connectivity index (χ0) is 34.6. The lowest BCUT2D eigenvalue weighted by Gasteiger charge is -2.64. The molecule has 12 heteroatoms. The van der Waals surface area contributed by atoms with Crippen LogP contribution in [0.5, 0.6) is 11.6 Å². The van der Waals surface area contributed by atoms with E-state index in [1.54, 1.807) is 25.0 Å². The first kappa shape index (κ1) is 31.4. The van der Waals surface area contributed by atoms with Crippen LogP contribution in [0.3, 0.4) is 0 Å². The largest absolute Gasteiger partial charge is 0.493 e. The fraction of sp³-hybridized carbons (Fsp3) is 0.474. The minimum atomic E-state index is -0.517. The van der Waals surface area contributed by atoms with Crippen LogP contribution < -0.4 is 15.2 Å². The van der Waals surface area contributed by atoms with Crippen molar-refractivity contribution in [2.24, 2.45) is 24.6 Å². The van der Waals surface area contributed by atoms with Crippen LogP contribution in [0.1, 0.15) is 54.7 Å². The number of likely N-dealkylation sites (N-methyl/N-ethyl adjacent to an activating group) is 1. The summed E-state index contributed by atoms with van der Waals surface area (Å²) in [6.07, 6.45) is 8.36. The van der Waals surface area contributed by atoms with E-state index in [-0.39, 0.29) is 53.2 Å². The number of carbonyl (C=O) groups excluding carboxylic acids is 1. The summed E-state index contributed by atoms with van der Waals surface area (Å²) in [4.78, 5) is 27.1. The molecule has 6 heterocycles. The van der Waals surface area contributed by atoms with Gasteiger partial charge < -0.3 is 24.7 Å². The van der Waals surface area contributed by atoms with E-state index in [4.69, 9.17) is 25.2 Å². The van der Waals surface area contributed by atoms with Crippen LogP contribution in [0.15, 0.2) is 36.7 Å². The molecule has 4 fully saturated rings. The van der Waals surface area contributed by atoms with Crippen molar-refractivity contribution < 1.29 is 18.7 Å². The molecule has 5 aliphatic rings. The van der Waals surface area contributed by atoms with Gasteiger partial charge in [0.2, 0.25) is 5.88 Å². The third-order valence-electron chi connectivity index (χ3n) is 11.8. The van der Waals surface area contributed by atoms with Gasteiger partial charge in [-0.05, 0) is 82.2 Å². The Bertz CT molecular complexity index is 2180. The quantitative estimate of drug-likeness (QED) is 0.250. The SMILES string of the molecule is C[C@H](Oc1nc2c(F)c(-c3cccc4c3OCCC4)ncc2c2c1cc(-c1cn(C)nc1C(=O)N(C)C)n2[C@@H]1C2C[C@@H]1[C@H]2N)[C@@H]1CCCN1C. The second-order valence-electron chi connectivity index (χ2n) is 14.9. The number of benzene rings is 1. The highest BCUT2D eigenvalue weighted by molar-refractivity contribution is 6.10. The van der Waals surface area contributed by atoms with Gasteiger partial charge in [-0.1, -0.05) is 12.1 Å². The maximum absolute atomic E-state index is 17.2. The highest BCUT2D eigenvalue weighted by atomic mass is 19.1. The Morgan fingerprint density at radius 1 is 1.16 bits per heavy atom. The molecule has 1 saturated heterocycles. The lowest BCUT2D eigenvalue weighted by atomic mass is 9.48. The van der Waals surface area contributed by atoms with Crippen LogP contribution in [0.4, 0.5) is 4.39 Å². The number of nitrogens with two attached hydrogens (primary N) is 1. The number of aryl methyl sites for hydroxylation is 2. The first-order valence-electron chi connectivity index (χ1n) is 17.8. The monoisotopic (exact) mass is 678 g/mol. The van der Waals surface area contributed by atoms with Crippen molar-refractivity contribution in [1.82, 2.24) is 34.1 Å². The molecule has 1 amide bonds. The van der Waals surface area contributed by atoms with Crippen LogP contribution >= 0.6 is 0 Å². The molecule has 2 N–H and O–H groups in total. The molecule has 11 nitrogen and oxygen atoms in total. The molecule has 2 aliphatic heterocycles. The van der Waals surface area contributed by atoms with Crippen LogP contribution in [0.25, 0.3) is 44.3 Å². The zero-order valence-corrected chi connectivity index (χ0v) is 29.2. The van der Waals surface area contributed by atoms with E-state index >= 15 is 4.39 Å². The lowest BCUT2D eigenvalue weighted by molar-refractivity contribution is -0.0929. The number of halogens is 1. The van der Waals surface area contributed by atoms with Gasteiger partial charge in [-0.15, -0.1) is 0 Å². The van der Waals surface area contributed by atoms with Crippen LogP contribution in [-0.2, 0) is 13.5 Å². The maximum atomic E-state index is 17.2. The number of para-hydroxylation sites is 1. The molecule has 1 aromatic carbocycles. The zero-order valence-electron chi connectivity index (χ0n) is 29.2. The number of pyridine rings is 2. The van der Waals surface area contributed by atoms with E-state index in [0.29, 0.717) is 40.4 Å². The number of hydrogen-bond donors (Lipinski definition) is 1. The summed E-state index contributed by atoms with van der Waals surface area (Å²) in [7, 11) is 7.38. The topological polar surface area (TPSA) is 117 Å². The van der Waals surface area contributed by atoms with Gasteiger partial charge in [0.15, 0.2) is 11.5 Å². The van der Waals surface area contributed by atoms with Gasteiger partial charge in [0.05, 0.1) is 23.2 Å². The Kier molecular flexibility index (Phi) is 7.23. The van der Waals surface area contributed by atoms with Crippen molar-refractivity contribution >= 4 is 27.7 Å². The molecule has 50 heavy (non-hydrogen) atoms. The number of carbonyl (C=O) groups is 1. The number of aromatic nitrogens is 5. The number of likely N-dealkylation sites (tertiary alicyclic amines) is 1. The van der Waals surface area contributed by atoms with Crippen molar-refractivity contribution in [3.63, 3.8) is 0 Å². The van der Waals surface area contributed by atoms with Gasteiger partial charge in [-0.25, -0.2) is 9.37 Å². The van der Waals surface area contributed by atoms with E-state index in [1.165, 1.54) is 4.90 Å². The lowest BCUT2D eigenvalue weighted by Crippen LogP contribution is -2.67. The summed E-state index contributed by atoms with van der Waals surface area (Å²) in [5.41, 5.74) is 11.3. The van der Waals surface area contributed by atoms with E-state index in [0.717, 1.165) is 60.8 Å². The number of ether oxygens (including phenoxy) is 2. The standard InChI is InChI=1S/C38H43FN8O3/c1-19(27-12-7-13-45(27)4)50-37-24-16-28(26-18-46(5)43-33(26)38(48)44(2)3)47(34-22-15-23(34)30(22)40)35(24)25-17-41-31(29(39)32(25)42-37)21-11-6-9-20-10-8-14-49-36(20)21/h6,9,11,16-19,22-23,27,30,34H,7-8,10,12-15,40H2,1-5H3/t19-,22+,23?,27-,30+,34-/m0/s1. The van der Waals surface area contributed by atoms with E-state index in [9.17, 15) is 4.79 Å². The molecule has 3 aliphatic carbocycles. The third-order valence-corrected chi connectivity index (χ3v) is 11.8. The number of amides is 1. The first-order valence-corrected chi connectivity index (χ1v) is 17.8. The smallest absolute Gasteiger partial charge is 0.274 e. The summed E-state index contributed by atoms with van der Waals surface area (Å²) in [6.45, 7) is 3.65. The van der Waals surface area contributed by atoms with Crippen molar-refractivity contribution in [3.05, 3.63) is 53.7 Å². The summed E-state index contributed by atoms with van der Waals surface area (Å²) in [5.74, 6) is 0.867. The second-order valence-corrected chi connectivity index (χ2v) is 14.9. The number of fused-ring (bicyclic) bond motifs is 4. The van der Waals surface area contributed by atoms with Crippen LogP contribution in [-0.4, -0.2) is 92.5 Å². The number of rotatable bonds is 7. The molecule has 0 radical (unpaired) electrons. The minimum absolute atomic E-state index is 0.0779. The van der Waals surface area contributed by atoms with Crippen molar-refractivity contribution in [2.45, 2.75) is 63.3 Å². The molecular weight excluding hydrogens is 635 g/mol. The highest BCUT2D eigenvalue weighted by Crippen LogP contribution is 2.62. The molecule has 3 saturated carbocycles. The summed E-state index contributed by atoms with van der Waals surface area (Å²) in [6, 6.07) is 8.26. The highest BCUT2D eigenvalue weighted by Gasteiger charge is 2.61. The average molecular weight is 679 g/mol. The number of hydrogen-bond acceptors (Lipinski definition) is 8. The average Bonchev–Trinajstić information content (AvgIpc) is 3.80.